The van der Waals surface area contributed by atoms with E-state index in [2.05, 4.69) is 31.3 Å². The smallest absolute Gasteiger partial charge is 0.222 e. The van der Waals surface area contributed by atoms with Gasteiger partial charge in [0.1, 0.15) is 0 Å². The van der Waals surface area contributed by atoms with Crippen LogP contribution in [0.2, 0.25) is 0 Å². The van der Waals surface area contributed by atoms with Crippen molar-refractivity contribution < 1.29 is 20.1 Å². The van der Waals surface area contributed by atoms with Crippen LogP contribution in [0.4, 0.5) is 0 Å². The van der Waals surface area contributed by atoms with Crippen LogP contribution in [0, 0.1) is 0 Å². The molecule has 3 unspecified atom stereocenters. The van der Waals surface area contributed by atoms with Crippen LogP contribution in [0.25, 0.3) is 0 Å². The standard InChI is InChI=1S/C53H105NO4/c1-3-5-7-9-11-13-15-17-19-21-23-25-26-27-28-30-32-34-36-38-40-42-44-46-50(56)48-53(58)54-51(49-55)52(57)47-45-43-41-39-37-35-33-31-29-24-22-20-18-16-14-12-10-8-6-4-2/h27-28,50-52,55-57H,3-26,29-49H2,1-2H3,(H,54,58)/b28-27-. The molecule has 0 heterocycles. The lowest BCUT2D eigenvalue weighted by Gasteiger charge is -2.23. The van der Waals surface area contributed by atoms with Gasteiger partial charge in [0.15, 0.2) is 0 Å². The molecule has 0 aliphatic rings. The van der Waals surface area contributed by atoms with Crippen LogP contribution in [0.1, 0.15) is 296 Å². The number of carbonyl (C=O) groups excluding carboxylic acids is 1. The van der Waals surface area contributed by atoms with Crippen LogP contribution < -0.4 is 5.32 Å². The monoisotopic (exact) mass is 820 g/mol. The van der Waals surface area contributed by atoms with Crippen molar-refractivity contribution in [3.8, 4) is 0 Å². The Kier molecular flexibility index (Phi) is 48.0. The highest BCUT2D eigenvalue weighted by molar-refractivity contribution is 5.76. The van der Waals surface area contributed by atoms with Crippen molar-refractivity contribution in [3.05, 3.63) is 12.2 Å². The van der Waals surface area contributed by atoms with Crippen LogP contribution >= 0.6 is 0 Å². The van der Waals surface area contributed by atoms with Gasteiger partial charge in [0.2, 0.25) is 5.91 Å². The highest BCUT2D eigenvalue weighted by Crippen LogP contribution is 2.17. The maximum atomic E-state index is 12.5. The van der Waals surface area contributed by atoms with E-state index in [0.29, 0.717) is 12.8 Å². The lowest BCUT2D eigenvalue weighted by atomic mass is 10.0. The van der Waals surface area contributed by atoms with E-state index in [0.717, 1.165) is 25.7 Å². The molecule has 0 fully saturated rings. The van der Waals surface area contributed by atoms with Crippen molar-refractivity contribution in [2.75, 3.05) is 6.61 Å². The molecule has 5 heteroatoms. The number of rotatable bonds is 49. The van der Waals surface area contributed by atoms with Gasteiger partial charge in [-0.25, -0.2) is 0 Å². The number of hydrogen-bond acceptors (Lipinski definition) is 4. The third-order valence-electron chi connectivity index (χ3n) is 12.6. The van der Waals surface area contributed by atoms with Crippen LogP contribution in [0.3, 0.4) is 0 Å². The molecular weight excluding hydrogens is 715 g/mol. The molecule has 0 rings (SSSR count). The number of unbranched alkanes of at least 4 members (excludes halogenated alkanes) is 38. The summed E-state index contributed by atoms with van der Waals surface area (Å²) < 4.78 is 0. The zero-order valence-corrected chi connectivity index (χ0v) is 39.5. The van der Waals surface area contributed by atoms with Crippen LogP contribution in [0.15, 0.2) is 12.2 Å². The summed E-state index contributed by atoms with van der Waals surface area (Å²) in [6.45, 7) is 4.30. The summed E-state index contributed by atoms with van der Waals surface area (Å²) in [5.41, 5.74) is 0. The van der Waals surface area contributed by atoms with E-state index in [1.165, 1.54) is 238 Å². The highest BCUT2D eigenvalue weighted by Gasteiger charge is 2.21. The first-order valence-corrected chi connectivity index (χ1v) is 26.5. The predicted molar refractivity (Wildman–Crippen MR) is 255 cm³/mol. The van der Waals surface area contributed by atoms with E-state index in [9.17, 15) is 20.1 Å². The van der Waals surface area contributed by atoms with E-state index in [4.69, 9.17) is 0 Å². The summed E-state index contributed by atoms with van der Waals surface area (Å²) in [5.74, 6) is -0.280. The maximum Gasteiger partial charge on any atom is 0.222 e. The third-order valence-corrected chi connectivity index (χ3v) is 12.6. The molecule has 0 radical (unpaired) electrons. The second-order valence-corrected chi connectivity index (χ2v) is 18.5. The van der Waals surface area contributed by atoms with E-state index >= 15 is 0 Å². The van der Waals surface area contributed by atoms with Gasteiger partial charge in [0.05, 0.1) is 31.3 Å². The summed E-state index contributed by atoms with van der Waals surface area (Å²) >= 11 is 0. The number of nitrogens with one attached hydrogen (secondary N) is 1. The molecule has 0 aliphatic heterocycles. The lowest BCUT2D eigenvalue weighted by molar-refractivity contribution is -0.125. The molecule has 0 aromatic rings. The van der Waals surface area contributed by atoms with Crippen molar-refractivity contribution in [1.29, 1.82) is 0 Å². The van der Waals surface area contributed by atoms with Crippen molar-refractivity contribution in [2.45, 2.75) is 315 Å². The maximum absolute atomic E-state index is 12.5. The number of carbonyl (C=O) groups is 1. The molecule has 4 N–H and O–H groups in total. The van der Waals surface area contributed by atoms with Gasteiger partial charge in [0, 0.05) is 0 Å². The number of aliphatic hydroxyl groups excluding tert-OH is 3. The molecule has 0 saturated carbocycles. The Bertz CT molecular complexity index is 818. The highest BCUT2D eigenvalue weighted by atomic mass is 16.3. The summed E-state index contributed by atoms with van der Waals surface area (Å²) in [5, 5.41) is 33.6. The minimum absolute atomic E-state index is 0.0371. The minimum Gasteiger partial charge on any atom is -0.394 e. The van der Waals surface area contributed by atoms with Gasteiger partial charge in [-0.2, -0.15) is 0 Å². The zero-order chi connectivity index (χ0) is 42.3. The average molecular weight is 820 g/mol. The second kappa shape index (κ2) is 48.8. The SMILES string of the molecule is CCCCCCCCCCCCCC/C=C\CCCCCCCCCC(O)CC(=O)NC(CO)C(O)CCCCCCCCCCCCCCCCCCCCCC. The first kappa shape index (κ1) is 57.1. The van der Waals surface area contributed by atoms with Crippen LogP contribution in [-0.4, -0.2) is 46.1 Å². The number of hydrogen-bond donors (Lipinski definition) is 4. The first-order valence-electron chi connectivity index (χ1n) is 26.5. The van der Waals surface area contributed by atoms with Gasteiger partial charge >= 0.3 is 0 Å². The number of allylic oxidation sites excluding steroid dienone is 2. The zero-order valence-electron chi connectivity index (χ0n) is 39.5. The summed E-state index contributed by atoms with van der Waals surface area (Å²) in [6, 6.07) is -0.658. The molecule has 0 aromatic heterocycles. The molecule has 58 heavy (non-hydrogen) atoms. The summed E-state index contributed by atoms with van der Waals surface area (Å²) in [7, 11) is 0. The molecule has 0 spiro atoms. The van der Waals surface area contributed by atoms with Crippen LogP contribution in [-0.2, 0) is 4.79 Å². The molecule has 1 amide bonds. The van der Waals surface area contributed by atoms with Gasteiger partial charge in [0.25, 0.3) is 0 Å². The average Bonchev–Trinajstić information content (AvgIpc) is 3.22. The first-order chi connectivity index (χ1) is 28.5. The summed E-state index contributed by atoms with van der Waals surface area (Å²) in [6.07, 6.45) is 59.2. The quantitative estimate of drug-likeness (QED) is 0.0364. The fourth-order valence-corrected chi connectivity index (χ4v) is 8.52. The number of aliphatic hydroxyl groups is 3. The Morgan fingerprint density at radius 3 is 1.00 bits per heavy atom. The Labute approximate surface area is 363 Å². The topological polar surface area (TPSA) is 89.8 Å². The molecule has 0 saturated heterocycles. The van der Waals surface area contributed by atoms with Crippen molar-refractivity contribution >= 4 is 5.91 Å². The van der Waals surface area contributed by atoms with Gasteiger partial charge < -0.3 is 20.6 Å². The second-order valence-electron chi connectivity index (χ2n) is 18.5. The Balaban J connectivity index is 3.54. The minimum atomic E-state index is -0.748. The molecule has 3 atom stereocenters. The van der Waals surface area contributed by atoms with Gasteiger partial charge in [-0.1, -0.05) is 264 Å². The van der Waals surface area contributed by atoms with E-state index in [1.54, 1.807) is 0 Å². The molecule has 0 aliphatic carbocycles. The van der Waals surface area contributed by atoms with Crippen molar-refractivity contribution in [3.63, 3.8) is 0 Å². The van der Waals surface area contributed by atoms with Crippen molar-refractivity contribution in [1.82, 2.24) is 5.32 Å². The molecule has 346 valence electrons. The Morgan fingerprint density at radius 1 is 0.414 bits per heavy atom. The molecule has 0 bridgehead atoms. The van der Waals surface area contributed by atoms with Gasteiger partial charge in [-0.05, 0) is 38.5 Å². The predicted octanol–water partition coefficient (Wildman–Crippen LogP) is 15.9. The van der Waals surface area contributed by atoms with E-state index in [1.807, 2.05) is 0 Å². The van der Waals surface area contributed by atoms with Crippen molar-refractivity contribution in [2.24, 2.45) is 0 Å². The lowest BCUT2D eigenvalue weighted by Crippen LogP contribution is -2.46. The molecular formula is C53H105NO4. The van der Waals surface area contributed by atoms with Gasteiger partial charge in [-0.3, -0.25) is 4.79 Å². The third kappa shape index (κ3) is 44.6. The fraction of sp³-hybridized carbons (Fsp3) is 0.943. The molecule has 5 nitrogen and oxygen atoms in total. The Hall–Kier alpha value is -0.910. The molecule has 0 aromatic carbocycles. The normalized spacial score (nSPS) is 13.4. The van der Waals surface area contributed by atoms with Gasteiger partial charge in [-0.15, -0.1) is 0 Å². The van der Waals surface area contributed by atoms with Crippen LogP contribution in [0.5, 0.6) is 0 Å². The Morgan fingerprint density at radius 2 is 0.690 bits per heavy atom. The summed E-state index contributed by atoms with van der Waals surface area (Å²) in [4.78, 5) is 12.5. The van der Waals surface area contributed by atoms with E-state index < -0.39 is 18.2 Å². The number of amides is 1. The fourth-order valence-electron chi connectivity index (χ4n) is 8.52. The van der Waals surface area contributed by atoms with E-state index in [-0.39, 0.29) is 18.9 Å². The largest absolute Gasteiger partial charge is 0.394 e.